The summed E-state index contributed by atoms with van der Waals surface area (Å²) in [5.74, 6) is 1.83. The average Bonchev–Trinajstić information content (AvgIpc) is 2.49. The molecule has 1 aromatic heterocycles. The Morgan fingerprint density at radius 2 is 2.10 bits per heavy atom. The van der Waals surface area contributed by atoms with E-state index in [0.29, 0.717) is 29.9 Å². The highest BCUT2D eigenvalue weighted by Crippen LogP contribution is 2.25. The van der Waals surface area contributed by atoms with E-state index >= 15 is 0 Å². The summed E-state index contributed by atoms with van der Waals surface area (Å²) in [5.41, 5.74) is 6.51. The minimum Gasteiger partial charge on any atom is -0.476 e. The lowest BCUT2D eigenvalue weighted by atomic mass is 9.97. The molecule has 0 bridgehead atoms. The second kappa shape index (κ2) is 7.28. The fourth-order valence-corrected chi connectivity index (χ4v) is 2.52. The second-order valence-electron chi connectivity index (χ2n) is 5.13. The zero-order chi connectivity index (χ0) is 14.4. The van der Waals surface area contributed by atoms with Gasteiger partial charge in [-0.15, -0.1) is 0 Å². The molecule has 20 heavy (non-hydrogen) atoms. The number of hydrogen-bond donors (Lipinski definition) is 2. The number of nitrogens with zero attached hydrogens (tertiary/aromatic N) is 3. The van der Waals surface area contributed by atoms with Gasteiger partial charge in [0.2, 0.25) is 5.88 Å². The molecular weight excluding hydrogens is 254 g/mol. The van der Waals surface area contributed by atoms with Crippen LogP contribution in [0.1, 0.15) is 26.7 Å². The molecule has 3 N–H and O–H groups in total. The molecule has 6 heteroatoms. The lowest BCUT2D eigenvalue weighted by Gasteiger charge is -2.31. The molecule has 1 aliphatic rings. The van der Waals surface area contributed by atoms with Crippen molar-refractivity contribution in [3.05, 3.63) is 6.33 Å². The molecule has 1 aliphatic heterocycles. The summed E-state index contributed by atoms with van der Waals surface area (Å²) >= 11 is 0. The van der Waals surface area contributed by atoms with Crippen LogP contribution in [0.25, 0.3) is 0 Å². The van der Waals surface area contributed by atoms with E-state index < -0.39 is 0 Å². The van der Waals surface area contributed by atoms with Crippen LogP contribution in [0, 0.1) is 5.92 Å². The summed E-state index contributed by atoms with van der Waals surface area (Å²) < 4.78 is 5.37. The molecule has 0 amide bonds. The maximum absolute atomic E-state index is 6.01. The predicted octanol–water partition coefficient (Wildman–Crippen LogP) is 1.60. The van der Waals surface area contributed by atoms with Crippen LogP contribution >= 0.6 is 0 Å². The van der Waals surface area contributed by atoms with Gasteiger partial charge >= 0.3 is 0 Å². The summed E-state index contributed by atoms with van der Waals surface area (Å²) in [5, 5.41) is 3.34. The third-order valence-electron chi connectivity index (χ3n) is 3.84. The Balaban J connectivity index is 1.86. The van der Waals surface area contributed by atoms with Crippen LogP contribution in [-0.4, -0.2) is 47.7 Å². The molecule has 0 aliphatic carbocycles. The van der Waals surface area contributed by atoms with Gasteiger partial charge in [0.1, 0.15) is 12.0 Å². The van der Waals surface area contributed by atoms with Crippen molar-refractivity contribution in [1.29, 1.82) is 0 Å². The Morgan fingerprint density at radius 3 is 2.75 bits per heavy atom. The number of hydrogen-bond acceptors (Lipinski definition) is 6. The maximum atomic E-state index is 6.01. The summed E-state index contributed by atoms with van der Waals surface area (Å²) in [4.78, 5) is 10.7. The quantitative estimate of drug-likeness (QED) is 0.824. The number of rotatable bonds is 6. The number of ether oxygens (including phenoxy) is 1. The Kier molecular flexibility index (Phi) is 5.40. The van der Waals surface area contributed by atoms with Crippen LogP contribution in [0.3, 0.4) is 0 Å². The van der Waals surface area contributed by atoms with Gasteiger partial charge in [0, 0.05) is 6.54 Å². The largest absolute Gasteiger partial charge is 0.476 e. The van der Waals surface area contributed by atoms with Crippen LogP contribution < -0.4 is 15.8 Å². The molecule has 1 fully saturated rings. The average molecular weight is 279 g/mol. The molecule has 1 saturated heterocycles. The summed E-state index contributed by atoms with van der Waals surface area (Å²) in [6, 6.07) is 0. The Morgan fingerprint density at radius 1 is 1.35 bits per heavy atom. The number of nitrogen functional groups attached to an aromatic ring is 1. The number of likely N-dealkylation sites (tertiary alicyclic amines) is 1. The van der Waals surface area contributed by atoms with Crippen molar-refractivity contribution in [3.63, 3.8) is 0 Å². The van der Waals surface area contributed by atoms with E-state index in [-0.39, 0.29) is 0 Å². The highest BCUT2D eigenvalue weighted by molar-refractivity contribution is 5.66. The standard InChI is InChI=1S/C14H25N5O/c1-3-19-7-5-11(6-8-19)9-16-13-12(15)14(20-4-2)18-10-17-13/h10-11H,3-9,15H2,1-2H3,(H,16,17,18). The molecule has 2 heterocycles. The molecule has 0 aromatic carbocycles. The molecule has 2 rings (SSSR count). The number of nitrogens with one attached hydrogen (secondary N) is 1. The van der Waals surface area contributed by atoms with Gasteiger partial charge in [-0.25, -0.2) is 4.98 Å². The van der Waals surface area contributed by atoms with Gasteiger partial charge in [0.15, 0.2) is 5.82 Å². The van der Waals surface area contributed by atoms with Gasteiger partial charge in [0.25, 0.3) is 0 Å². The van der Waals surface area contributed by atoms with Gasteiger partial charge < -0.3 is 20.7 Å². The summed E-state index contributed by atoms with van der Waals surface area (Å²) in [6.07, 6.45) is 3.94. The van der Waals surface area contributed by atoms with Crippen LogP contribution in [0.15, 0.2) is 6.33 Å². The molecule has 0 spiro atoms. The molecule has 0 unspecified atom stereocenters. The minimum atomic E-state index is 0.464. The smallest absolute Gasteiger partial charge is 0.242 e. The maximum Gasteiger partial charge on any atom is 0.242 e. The van der Waals surface area contributed by atoms with Gasteiger partial charge in [-0.2, -0.15) is 4.98 Å². The first-order valence-corrected chi connectivity index (χ1v) is 7.44. The fraction of sp³-hybridized carbons (Fsp3) is 0.714. The predicted molar refractivity (Wildman–Crippen MR) is 80.9 cm³/mol. The van der Waals surface area contributed by atoms with E-state index in [1.54, 1.807) is 0 Å². The van der Waals surface area contributed by atoms with Crippen molar-refractivity contribution in [3.8, 4) is 5.88 Å². The third-order valence-corrected chi connectivity index (χ3v) is 3.84. The van der Waals surface area contributed by atoms with Crippen molar-refractivity contribution < 1.29 is 4.74 Å². The molecule has 0 atom stereocenters. The van der Waals surface area contributed by atoms with Crippen molar-refractivity contribution >= 4 is 11.5 Å². The van der Waals surface area contributed by atoms with Crippen molar-refractivity contribution in [2.45, 2.75) is 26.7 Å². The molecule has 6 nitrogen and oxygen atoms in total. The lowest BCUT2D eigenvalue weighted by molar-refractivity contribution is 0.198. The van der Waals surface area contributed by atoms with Gasteiger partial charge in [0.05, 0.1) is 6.61 Å². The molecule has 1 aromatic rings. The second-order valence-corrected chi connectivity index (χ2v) is 5.13. The van der Waals surface area contributed by atoms with Crippen LogP contribution in [-0.2, 0) is 0 Å². The van der Waals surface area contributed by atoms with E-state index in [1.807, 2.05) is 6.92 Å². The van der Waals surface area contributed by atoms with Crippen molar-refractivity contribution in [2.24, 2.45) is 5.92 Å². The van der Waals surface area contributed by atoms with Crippen molar-refractivity contribution in [1.82, 2.24) is 14.9 Å². The van der Waals surface area contributed by atoms with Gasteiger partial charge in [-0.1, -0.05) is 6.92 Å². The Bertz CT molecular complexity index is 418. The number of aromatic nitrogens is 2. The highest BCUT2D eigenvalue weighted by Gasteiger charge is 2.18. The molecule has 112 valence electrons. The van der Waals surface area contributed by atoms with Crippen LogP contribution in [0.5, 0.6) is 5.88 Å². The SMILES string of the molecule is CCOc1ncnc(NCC2CCN(CC)CC2)c1N. The Labute approximate surface area is 120 Å². The van der Waals surface area contributed by atoms with E-state index in [9.17, 15) is 0 Å². The molecular formula is C14H25N5O. The third kappa shape index (κ3) is 3.72. The lowest BCUT2D eigenvalue weighted by Crippen LogP contribution is -2.35. The van der Waals surface area contributed by atoms with E-state index in [0.717, 1.165) is 13.1 Å². The van der Waals surface area contributed by atoms with E-state index in [4.69, 9.17) is 10.5 Å². The van der Waals surface area contributed by atoms with Crippen LogP contribution in [0.2, 0.25) is 0 Å². The highest BCUT2D eigenvalue weighted by atomic mass is 16.5. The first kappa shape index (κ1) is 14.8. The number of anilines is 2. The first-order chi connectivity index (χ1) is 9.74. The zero-order valence-corrected chi connectivity index (χ0v) is 12.4. The molecule has 0 radical (unpaired) electrons. The molecule has 0 saturated carbocycles. The van der Waals surface area contributed by atoms with E-state index in [2.05, 4.69) is 27.1 Å². The normalized spacial score (nSPS) is 17.1. The monoisotopic (exact) mass is 279 g/mol. The van der Waals surface area contributed by atoms with Crippen LogP contribution in [0.4, 0.5) is 11.5 Å². The van der Waals surface area contributed by atoms with Gasteiger partial charge in [-0.3, -0.25) is 0 Å². The van der Waals surface area contributed by atoms with E-state index in [1.165, 1.54) is 32.3 Å². The van der Waals surface area contributed by atoms with Gasteiger partial charge in [-0.05, 0) is 45.3 Å². The minimum absolute atomic E-state index is 0.464. The number of nitrogens with two attached hydrogens (primary N) is 1. The zero-order valence-electron chi connectivity index (χ0n) is 12.4. The van der Waals surface area contributed by atoms with Crippen molar-refractivity contribution in [2.75, 3.05) is 43.8 Å². The topological polar surface area (TPSA) is 76.3 Å². The number of piperidine rings is 1. The Hall–Kier alpha value is -1.56. The summed E-state index contributed by atoms with van der Waals surface area (Å²) in [6.45, 7) is 9.11. The first-order valence-electron chi connectivity index (χ1n) is 7.44. The summed E-state index contributed by atoms with van der Waals surface area (Å²) in [7, 11) is 0. The fourth-order valence-electron chi connectivity index (χ4n) is 2.52.